The third-order valence-corrected chi connectivity index (χ3v) is 2.49. The van der Waals surface area contributed by atoms with E-state index in [4.69, 9.17) is 59.1 Å². The molecule has 0 aliphatic rings. The van der Waals surface area contributed by atoms with Crippen LogP contribution < -0.4 is 28.4 Å². The highest BCUT2D eigenvalue weighted by Crippen LogP contribution is 2.58. The van der Waals surface area contributed by atoms with Crippen LogP contribution in [0.1, 0.15) is 0 Å². The van der Waals surface area contributed by atoms with Gasteiger partial charge in [0, 0.05) is 0 Å². The summed E-state index contributed by atoms with van der Waals surface area (Å²) in [6.45, 7) is -5.24. The SMILES string of the molecule is OCOc1c(OCO)c(OCO)c(OCO)c(OCO)c1OCO. The lowest BCUT2D eigenvalue weighted by molar-refractivity contribution is 0.0355. The summed E-state index contributed by atoms with van der Waals surface area (Å²) >= 11 is 0. The van der Waals surface area contributed by atoms with Crippen molar-refractivity contribution in [3.63, 3.8) is 0 Å². The molecule has 6 N–H and O–H groups in total. The normalized spacial score (nSPS) is 10.2. The summed E-state index contributed by atoms with van der Waals surface area (Å²) in [5.41, 5.74) is 0. The standard InChI is InChI=1S/C12H18O12/c13-1-19-7-8(20-2-14)10(22-4-16)12(24-6-18)11(23-5-17)9(7)21-3-15/h13-18H,1-6H2. The first-order valence-electron chi connectivity index (χ1n) is 6.35. The molecule has 0 aliphatic carbocycles. The lowest BCUT2D eigenvalue weighted by atomic mass is 10.2. The summed E-state index contributed by atoms with van der Waals surface area (Å²) in [6.07, 6.45) is 0. The average Bonchev–Trinajstić information content (AvgIpc) is 2.57. The zero-order chi connectivity index (χ0) is 17.9. The maximum absolute atomic E-state index is 9.01. The van der Waals surface area contributed by atoms with Crippen molar-refractivity contribution < 1.29 is 59.1 Å². The highest BCUT2D eigenvalue weighted by atomic mass is 16.7. The van der Waals surface area contributed by atoms with Crippen molar-refractivity contribution in [2.24, 2.45) is 0 Å². The van der Waals surface area contributed by atoms with Crippen molar-refractivity contribution in [3.8, 4) is 34.5 Å². The number of rotatable bonds is 12. The number of benzene rings is 1. The molecule has 0 bridgehead atoms. The van der Waals surface area contributed by atoms with Crippen LogP contribution in [0.4, 0.5) is 0 Å². The molecule has 1 aromatic rings. The van der Waals surface area contributed by atoms with E-state index in [-0.39, 0.29) is 0 Å². The van der Waals surface area contributed by atoms with Gasteiger partial charge in [0.05, 0.1) is 0 Å². The van der Waals surface area contributed by atoms with Crippen molar-refractivity contribution >= 4 is 0 Å². The molecule has 0 aliphatic heterocycles. The second-order valence-electron chi connectivity index (χ2n) is 3.62. The fourth-order valence-corrected chi connectivity index (χ4v) is 1.79. The van der Waals surface area contributed by atoms with Crippen molar-refractivity contribution in [2.75, 3.05) is 40.8 Å². The van der Waals surface area contributed by atoms with Gasteiger partial charge in [-0.15, -0.1) is 0 Å². The van der Waals surface area contributed by atoms with Gasteiger partial charge >= 0.3 is 0 Å². The van der Waals surface area contributed by atoms with E-state index in [9.17, 15) is 0 Å². The molecule has 0 atom stereocenters. The summed E-state index contributed by atoms with van der Waals surface area (Å²) in [5, 5.41) is 54.1. The van der Waals surface area contributed by atoms with E-state index in [0.717, 1.165) is 0 Å². The summed E-state index contributed by atoms with van der Waals surface area (Å²) < 4.78 is 29.5. The Morgan fingerprint density at radius 1 is 0.333 bits per heavy atom. The maximum Gasteiger partial charge on any atom is 0.214 e. The second kappa shape index (κ2) is 10.5. The summed E-state index contributed by atoms with van der Waals surface area (Å²) in [6, 6.07) is 0. The topological polar surface area (TPSA) is 177 Å². The minimum absolute atomic E-state index is 0.391. The molecule has 0 radical (unpaired) electrons. The van der Waals surface area contributed by atoms with E-state index in [1.54, 1.807) is 0 Å². The van der Waals surface area contributed by atoms with Gasteiger partial charge in [-0.05, 0) is 0 Å². The van der Waals surface area contributed by atoms with Gasteiger partial charge < -0.3 is 59.1 Å². The van der Waals surface area contributed by atoms with Crippen LogP contribution in [0.25, 0.3) is 0 Å². The van der Waals surface area contributed by atoms with Crippen molar-refractivity contribution in [1.29, 1.82) is 0 Å². The van der Waals surface area contributed by atoms with Crippen LogP contribution in [0.2, 0.25) is 0 Å². The van der Waals surface area contributed by atoms with Gasteiger partial charge in [0.1, 0.15) is 0 Å². The lowest BCUT2D eigenvalue weighted by Gasteiger charge is -2.23. The molecule has 12 nitrogen and oxygen atoms in total. The van der Waals surface area contributed by atoms with E-state index in [1.807, 2.05) is 0 Å². The molecule has 138 valence electrons. The Morgan fingerprint density at radius 3 is 0.542 bits per heavy atom. The van der Waals surface area contributed by atoms with Crippen LogP contribution >= 0.6 is 0 Å². The zero-order valence-corrected chi connectivity index (χ0v) is 12.4. The van der Waals surface area contributed by atoms with Gasteiger partial charge in [0.25, 0.3) is 0 Å². The first kappa shape index (κ1) is 19.8. The first-order chi connectivity index (χ1) is 11.7. The predicted octanol–water partition coefficient (Wildman–Crippen LogP) is -2.34. The third kappa shape index (κ3) is 4.41. The Labute approximate surface area is 135 Å². The summed E-state index contributed by atoms with van der Waals surface area (Å²) in [4.78, 5) is 0. The number of aliphatic hydroxyl groups excluding tert-OH is 6. The summed E-state index contributed by atoms with van der Waals surface area (Å²) in [7, 11) is 0. The van der Waals surface area contributed by atoms with Crippen LogP contribution in [-0.2, 0) is 0 Å². The molecule has 0 heterocycles. The quantitative estimate of drug-likeness (QED) is 0.221. The van der Waals surface area contributed by atoms with Crippen LogP contribution in [0.15, 0.2) is 0 Å². The smallest absolute Gasteiger partial charge is 0.214 e. The summed E-state index contributed by atoms with van der Waals surface area (Å²) in [5.74, 6) is -2.35. The van der Waals surface area contributed by atoms with Gasteiger partial charge in [-0.25, -0.2) is 0 Å². The molecule has 0 saturated heterocycles. The Morgan fingerprint density at radius 2 is 0.458 bits per heavy atom. The lowest BCUT2D eigenvalue weighted by Crippen LogP contribution is -2.12. The number of hydrogen-bond donors (Lipinski definition) is 6. The molecule has 0 aromatic heterocycles. The van der Waals surface area contributed by atoms with Crippen LogP contribution in [-0.4, -0.2) is 71.4 Å². The molecule has 0 unspecified atom stereocenters. The van der Waals surface area contributed by atoms with E-state index in [0.29, 0.717) is 0 Å². The highest BCUT2D eigenvalue weighted by molar-refractivity contribution is 5.73. The van der Waals surface area contributed by atoms with Crippen LogP contribution in [0, 0.1) is 0 Å². The third-order valence-electron chi connectivity index (χ3n) is 2.49. The van der Waals surface area contributed by atoms with Gasteiger partial charge in [0.2, 0.25) is 34.5 Å². The van der Waals surface area contributed by atoms with Gasteiger partial charge in [0.15, 0.2) is 40.8 Å². The van der Waals surface area contributed by atoms with E-state index in [2.05, 4.69) is 0 Å². The molecule has 24 heavy (non-hydrogen) atoms. The molecule has 1 rings (SSSR count). The Bertz CT molecular complexity index is 369. The molecular formula is C12H18O12. The molecule has 1 aromatic carbocycles. The average molecular weight is 354 g/mol. The number of hydrogen-bond acceptors (Lipinski definition) is 12. The van der Waals surface area contributed by atoms with Crippen LogP contribution in [0.5, 0.6) is 34.5 Å². The van der Waals surface area contributed by atoms with Crippen molar-refractivity contribution in [1.82, 2.24) is 0 Å². The number of ether oxygens (including phenoxy) is 6. The predicted molar refractivity (Wildman–Crippen MR) is 72.7 cm³/mol. The van der Waals surface area contributed by atoms with Crippen molar-refractivity contribution in [3.05, 3.63) is 0 Å². The minimum Gasteiger partial charge on any atom is -0.460 e. The maximum atomic E-state index is 9.01. The van der Waals surface area contributed by atoms with Crippen LogP contribution in [0.3, 0.4) is 0 Å². The fraction of sp³-hybridized carbons (Fsp3) is 0.500. The number of aliphatic hydroxyl groups is 6. The van der Waals surface area contributed by atoms with Crippen molar-refractivity contribution in [2.45, 2.75) is 0 Å². The molecule has 0 saturated carbocycles. The highest BCUT2D eigenvalue weighted by Gasteiger charge is 2.32. The van der Waals surface area contributed by atoms with E-state index in [1.165, 1.54) is 0 Å². The Balaban J connectivity index is 3.74. The fourth-order valence-electron chi connectivity index (χ4n) is 1.79. The minimum atomic E-state index is -0.874. The Hall–Kier alpha value is -2.22. The zero-order valence-electron chi connectivity index (χ0n) is 12.4. The molecule has 0 amide bonds. The first-order valence-corrected chi connectivity index (χ1v) is 6.35. The van der Waals surface area contributed by atoms with Gasteiger partial charge in [-0.1, -0.05) is 0 Å². The largest absolute Gasteiger partial charge is 0.460 e. The molecule has 0 spiro atoms. The van der Waals surface area contributed by atoms with Gasteiger partial charge in [-0.3, -0.25) is 0 Å². The Kier molecular flexibility index (Phi) is 8.70. The van der Waals surface area contributed by atoms with E-state index >= 15 is 0 Å². The van der Waals surface area contributed by atoms with E-state index < -0.39 is 75.3 Å². The monoisotopic (exact) mass is 354 g/mol. The second-order valence-corrected chi connectivity index (χ2v) is 3.62. The van der Waals surface area contributed by atoms with Gasteiger partial charge in [-0.2, -0.15) is 0 Å². The molecule has 0 fully saturated rings. The molecular weight excluding hydrogens is 336 g/mol. The molecule has 12 heteroatoms.